The Morgan fingerprint density at radius 1 is 1.29 bits per heavy atom. The van der Waals surface area contributed by atoms with Crippen molar-refractivity contribution in [1.29, 1.82) is 0 Å². The summed E-state index contributed by atoms with van der Waals surface area (Å²) in [4.78, 5) is 25.8. The van der Waals surface area contributed by atoms with Gasteiger partial charge in [-0.05, 0) is 24.6 Å². The van der Waals surface area contributed by atoms with E-state index in [1.54, 1.807) is 6.92 Å². The molecule has 1 aliphatic rings. The molecule has 0 bridgehead atoms. The first-order valence-corrected chi connectivity index (χ1v) is 7.21. The van der Waals surface area contributed by atoms with Gasteiger partial charge in [0.25, 0.3) is 0 Å². The van der Waals surface area contributed by atoms with Crippen molar-refractivity contribution in [2.45, 2.75) is 13.0 Å². The summed E-state index contributed by atoms with van der Waals surface area (Å²) in [6.07, 6.45) is 0. The van der Waals surface area contributed by atoms with E-state index in [1.807, 2.05) is 0 Å². The molecule has 24 heavy (non-hydrogen) atoms. The van der Waals surface area contributed by atoms with Crippen molar-refractivity contribution >= 4 is 12.0 Å². The number of halogens is 2. The van der Waals surface area contributed by atoms with Crippen molar-refractivity contribution in [3.05, 3.63) is 46.7 Å². The van der Waals surface area contributed by atoms with Crippen molar-refractivity contribution < 1.29 is 27.8 Å². The zero-order valence-electron chi connectivity index (χ0n) is 13.6. The van der Waals surface area contributed by atoms with E-state index in [-0.39, 0.29) is 24.3 Å². The van der Waals surface area contributed by atoms with Crippen molar-refractivity contribution in [1.82, 2.24) is 10.2 Å². The molecule has 1 heterocycles. The number of carbonyl (C=O) groups excluding carboxylic acids is 2. The lowest BCUT2D eigenvalue weighted by Crippen LogP contribution is -2.48. The molecule has 1 unspecified atom stereocenters. The maximum atomic E-state index is 13.5. The Morgan fingerprint density at radius 2 is 2.00 bits per heavy atom. The van der Waals surface area contributed by atoms with Gasteiger partial charge in [-0.15, -0.1) is 0 Å². The predicted molar refractivity (Wildman–Crippen MR) is 80.9 cm³/mol. The van der Waals surface area contributed by atoms with Gasteiger partial charge in [0.05, 0.1) is 31.9 Å². The standard InChI is InChI=1S/C16H18F2N2O4/c1-9-13(15(21)24-3)14(10-4-5-11(17)12(18)8-10)19-16(22)20(9)6-7-23-2/h4-5,8,14H,6-7H2,1-3H3,(H,19,22). The number of nitrogens with zero attached hydrogens (tertiary/aromatic N) is 1. The summed E-state index contributed by atoms with van der Waals surface area (Å²) in [7, 11) is 2.70. The molecule has 8 heteroatoms. The molecule has 1 aliphatic heterocycles. The van der Waals surface area contributed by atoms with E-state index in [4.69, 9.17) is 9.47 Å². The Hall–Kier alpha value is -2.48. The third kappa shape index (κ3) is 3.38. The van der Waals surface area contributed by atoms with Crippen molar-refractivity contribution in [3.8, 4) is 0 Å². The molecule has 0 fully saturated rings. The van der Waals surface area contributed by atoms with Crippen molar-refractivity contribution in [2.75, 3.05) is 27.4 Å². The second kappa shape index (κ2) is 7.39. The normalized spacial score (nSPS) is 17.8. The summed E-state index contributed by atoms with van der Waals surface area (Å²) in [6.45, 7) is 2.10. The summed E-state index contributed by atoms with van der Waals surface area (Å²) in [5.41, 5.74) is 0.769. The van der Waals surface area contributed by atoms with Crippen LogP contribution in [-0.4, -0.2) is 44.3 Å². The molecule has 0 aliphatic carbocycles. The van der Waals surface area contributed by atoms with E-state index in [1.165, 1.54) is 25.2 Å². The molecule has 0 saturated carbocycles. The predicted octanol–water partition coefficient (Wildman–Crippen LogP) is 2.12. The van der Waals surface area contributed by atoms with Crippen LogP contribution in [0.1, 0.15) is 18.5 Å². The number of hydrogen-bond donors (Lipinski definition) is 1. The average Bonchev–Trinajstić information content (AvgIpc) is 2.56. The van der Waals surface area contributed by atoms with Crippen LogP contribution in [0, 0.1) is 11.6 Å². The van der Waals surface area contributed by atoms with Gasteiger partial charge >= 0.3 is 12.0 Å². The Kier molecular flexibility index (Phi) is 5.50. The van der Waals surface area contributed by atoms with E-state index in [0.29, 0.717) is 5.70 Å². The van der Waals surface area contributed by atoms with E-state index in [0.717, 1.165) is 12.1 Å². The number of urea groups is 1. The van der Waals surface area contributed by atoms with Crippen LogP contribution >= 0.6 is 0 Å². The molecule has 0 aromatic heterocycles. The number of amides is 2. The molecule has 1 N–H and O–H groups in total. The molecule has 2 amide bonds. The van der Waals surface area contributed by atoms with Gasteiger partial charge < -0.3 is 14.8 Å². The number of ether oxygens (including phenoxy) is 2. The first kappa shape index (κ1) is 17.9. The monoisotopic (exact) mass is 340 g/mol. The van der Waals surface area contributed by atoms with Gasteiger partial charge in [0.2, 0.25) is 0 Å². The summed E-state index contributed by atoms with van der Waals surface area (Å²) in [5.74, 6) is -2.74. The van der Waals surface area contributed by atoms with Crippen LogP contribution in [0.4, 0.5) is 13.6 Å². The molecule has 1 aromatic carbocycles. The minimum Gasteiger partial charge on any atom is -0.466 e. The molecule has 130 valence electrons. The molecular formula is C16H18F2N2O4. The van der Waals surface area contributed by atoms with Crippen LogP contribution < -0.4 is 5.32 Å². The van der Waals surface area contributed by atoms with Crippen LogP contribution in [0.25, 0.3) is 0 Å². The molecule has 0 radical (unpaired) electrons. The third-order valence-corrected chi connectivity index (χ3v) is 3.80. The van der Waals surface area contributed by atoms with Crippen molar-refractivity contribution in [2.24, 2.45) is 0 Å². The number of rotatable bonds is 5. The molecule has 0 spiro atoms. The number of allylic oxidation sites excluding steroid dienone is 1. The Labute approximate surface area is 138 Å². The van der Waals surface area contributed by atoms with Crippen LogP contribution in [0.5, 0.6) is 0 Å². The zero-order chi connectivity index (χ0) is 17.9. The van der Waals surface area contributed by atoms with Gasteiger partial charge in [0, 0.05) is 12.8 Å². The van der Waals surface area contributed by atoms with Gasteiger partial charge in [0.1, 0.15) is 0 Å². The first-order chi connectivity index (χ1) is 11.4. The second-order valence-electron chi connectivity index (χ2n) is 5.19. The number of benzene rings is 1. The zero-order valence-corrected chi connectivity index (χ0v) is 13.6. The molecule has 1 aromatic rings. The fraction of sp³-hybridized carbons (Fsp3) is 0.375. The SMILES string of the molecule is COCCN1C(=O)NC(c2ccc(F)c(F)c2)C(C(=O)OC)=C1C. The minimum atomic E-state index is -1.06. The van der Waals surface area contributed by atoms with Crippen LogP contribution in [0.2, 0.25) is 0 Å². The van der Waals surface area contributed by atoms with E-state index in [2.05, 4.69) is 5.32 Å². The number of nitrogens with one attached hydrogen (secondary N) is 1. The Morgan fingerprint density at radius 3 is 2.58 bits per heavy atom. The summed E-state index contributed by atoms with van der Waals surface area (Å²) < 4.78 is 36.4. The Balaban J connectivity index is 2.50. The molecule has 1 atom stereocenters. The number of carbonyl (C=O) groups is 2. The fourth-order valence-electron chi connectivity index (χ4n) is 2.55. The van der Waals surface area contributed by atoms with Gasteiger partial charge in [0.15, 0.2) is 11.6 Å². The van der Waals surface area contributed by atoms with Gasteiger partial charge in [-0.3, -0.25) is 4.90 Å². The van der Waals surface area contributed by atoms with E-state index in [9.17, 15) is 18.4 Å². The van der Waals surface area contributed by atoms with Gasteiger partial charge in [-0.2, -0.15) is 0 Å². The highest BCUT2D eigenvalue weighted by atomic mass is 19.2. The average molecular weight is 340 g/mol. The topological polar surface area (TPSA) is 67.9 Å². The maximum absolute atomic E-state index is 13.5. The van der Waals surface area contributed by atoms with Crippen molar-refractivity contribution in [3.63, 3.8) is 0 Å². The highest BCUT2D eigenvalue weighted by molar-refractivity contribution is 5.95. The van der Waals surface area contributed by atoms with Crippen LogP contribution in [0.3, 0.4) is 0 Å². The molecule has 0 saturated heterocycles. The summed E-state index contributed by atoms with van der Waals surface area (Å²) in [5, 5.41) is 2.62. The quantitative estimate of drug-likeness (QED) is 0.834. The first-order valence-electron chi connectivity index (χ1n) is 7.21. The molecule has 2 rings (SSSR count). The highest BCUT2D eigenvalue weighted by Gasteiger charge is 2.36. The molecule has 6 nitrogen and oxygen atoms in total. The lowest BCUT2D eigenvalue weighted by atomic mass is 9.94. The smallest absolute Gasteiger partial charge is 0.337 e. The van der Waals surface area contributed by atoms with E-state index >= 15 is 0 Å². The lowest BCUT2D eigenvalue weighted by Gasteiger charge is -2.35. The van der Waals surface area contributed by atoms with Crippen LogP contribution in [-0.2, 0) is 14.3 Å². The summed E-state index contributed by atoms with van der Waals surface area (Å²) >= 11 is 0. The number of methoxy groups -OCH3 is 2. The third-order valence-electron chi connectivity index (χ3n) is 3.80. The number of hydrogen-bond acceptors (Lipinski definition) is 4. The van der Waals surface area contributed by atoms with Gasteiger partial charge in [-0.1, -0.05) is 6.07 Å². The lowest BCUT2D eigenvalue weighted by molar-refractivity contribution is -0.136. The highest BCUT2D eigenvalue weighted by Crippen LogP contribution is 2.31. The summed E-state index contributed by atoms with van der Waals surface area (Å²) in [6, 6.07) is 1.80. The van der Waals surface area contributed by atoms with Gasteiger partial charge in [-0.25, -0.2) is 18.4 Å². The largest absolute Gasteiger partial charge is 0.466 e. The number of esters is 1. The fourth-order valence-corrected chi connectivity index (χ4v) is 2.55. The maximum Gasteiger partial charge on any atom is 0.337 e. The van der Waals surface area contributed by atoms with Crippen LogP contribution in [0.15, 0.2) is 29.5 Å². The molecular weight excluding hydrogens is 322 g/mol. The Bertz CT molecular complexity index is 691. The second-order valence-corrected chi connectivity index (χ2v) is 5.19. The minimum absolute atomic E-state index is 0.152. The van der Waals surface area contributed by atoms with E-state index < -0.39 is 29.7 Å².